The summed E-state index contributed by atoms with van der Waals surface area (Å²) in [6.07, 6.45) is 0.401. The molecule has 0 bridgehead atoms. The molecule has 0 heterocycles. The molecule has 0 saturated heterocycles. The Bertz CT molecular complexity index is 1050. The smallest absolute Gasteiger partial charge is 0.326 e. The standard InChI is InChI=1S/C26H26N2O4/c1-18(29)27-23(16-19-8-4-2-5-9-19)25(30)28-24(26(31)32)17-20-12-14-22(15-13-20)21-10-6-3-7-11-21/h2-15,23-24H,16-17H2,1H3,(H,27,29)(H,28,30)(H,31,32)/t23-,24-/m0/s1. The van der Waals surface area contributed by atoms with Gasteiger partial charge in [-0.3, -0.25) is 9.59 Å². The number of hydrogen-bond acceptors (Lipinski definition) is 3. The van der Waals surface area contributed by atoms with Crippen LogP contribution in [0, 0.1) is 0 Å². The lowest BCUT2D eigenvalue weighted by Gasteiger charge is -2.21. The first-order chi connectivity index (χ1) is 15.4. The number of hydrogen-bond donors (Lipinski definition) is 3. The molecule has 0 aromatic heterocycles. The molecule has 164 valence electrons. The van der Waals surface area contributed by atoms with Crippen LogP contribution in [0.3, 0.4) is 0 Å². The van der Waals surface area contributed by atoms with Gasteiger partial charge in [-0.05, 0) is 22.3 Å². The maximum Gasteiger partial charge on any atom is 0.326 e. The van der Waals surface area contributed by atoms with E-state index >= 15 is 0 Å². The molecule has 32 heavy (non-hydrogen) atoms. The molecule has 3 aromatic carbocycles. The molecule has 3 N–H and O–H groups in total. The van der Waals surface area contributed by atoms with E-state index in [1.54, 1.807) is 0 Å². The molecule has 0 saturated carbocycles. The molecule has 0 aliphatic heterocycles. The van der Waals surface area contributed by atoms with E-state index in [9.17, 15) is 19.5 Å². The van der Waals surface area contributed by atoms with Gasteiger partial charge in [0.05, 0.1) is 0 Å². The van der Waals surface area contributed by atoms with E-state index in [-0.39, 0.29) is 18.7 Å². The number of benzene rings is 3. The van der Waals surface area contributed by atoms with E-state index in [0.29, 0.717) is 0 Å². The quantitative estimate of drug-likeness (QED) is 0.486. The Kier molecular flexibility index (Phi) is 7.75. The molecule has 6 nitrogen and oxygen atoms in total. The monoisotopic (exact) mass is 430 g/mol. The highest BCUT2D eigenvalue weighted by molar-refractivity contribution is 5.90. The number of rotatable bonds is 9. The molecule has 0 fully saturated rings. The van der Waals surface area contributed by atoms with Crippen molar-refractivity contribution in [2.75, 3.05) is 0 Å². The van der Waals surface area contributed by atoms with Gasteiger partial charge in [0.2, 0.25) is 11.8 Å². The first-order valence-corrected chi connectivity index (χ1v) is 10.4. The van der Waals surface area contributed by atoms with Crippen LogP contribution in [0.15, 0.2) is 84.9 Å². The number of amides is 2. The van der Waals surface area contributed by atoms with Crippen molar-refractivity contribution in [3.05, 3.63) is 96.1 Å². The van der Waals surface area contributed by atoms with Gasteiger partial charge in [-0.1, -0.05) is 84.9 Å². The third kappa shape index (κ3) is 6.54. The van der Waals surface area contributed by atoms with Crippen molar-refractivity contribution >= 4 is 17.8 Å². The zero-order valence-electron chi connectivity index (χ0n) is 17.8. The van der Waals surface area contributed by atoms with Crippen molar-refractivity contribution in [1.29, 1.82) is 0 Å². The van der Waals surface area contributed by atoms with Crippen LogP contribution in [0.2, 0.25) is 0 Å². The molecule has 0 aliphatic carbocycles. The fourth-order valence-electron chi connectivity index (χ4n) is 3.48. The topological polar surface area (TPSA) is 95.5 Å². The van der Waals surface area contributed by atoms with Crippen LogP contribution in [-0.2, 0) is 27.2 Å². The molecule has 2 atom stereocenters. The van der Waals surface area contributed by atoms with E-state index in [1.807, 2.05) is 84.9 Å². The summed E-state index contributed by atoms with van der Waals surface area (Å²) in [4.78, 5) is 36.3. The van der Waals surface area contributed by atoms with Gasteiger partial charge in [-0.2, -0.15) is 0 Å². The van der Waals surface area contributed by atoms with Crippen LogP contribution in [0.4, 0.5) is 0 Å². The maximum absolute atomic E-state index is 12.8. The van der Waals surface area contributed by atoms with Gasteiger partial charge in [-0.15, -0.1) is 0 Å². The van der Waals surface area contributed by atoms with Crippen molar-refractivity contribution in [3.63, 3.8) is 0 Å². The Morgan fingerprint density at radius 2 is 1.19 bits per heavy atom. The van der Waals surface area contributed by atoms with Crippen LogP contribution >= 0.6 is 0 Å². The van der Waals surface area contributed by atoms with Crippen molar-refractivity contribution in [2.24, 2.45) is 0 Å². The molecule has 0 spiro atoms. The highest BCUT2D eigenvalue weighted by Gasteiger charge is 2.26. The normalized spacial score (nSPS) is 12.4. The van der Waals surface area contributed by atoms with Crippen LogP contribution in [-0.4, -0.2) is 35.0 Å². The van der Waals surface area contributed by atoms with Crippen LogP contribution < -0.4 is 10.6 Å². The number of carboxylic acids is 1. The van der Waals surface area contributed by atoms with Crippen LogP contribution in [0.1, 0.15) is 18.1 Å². The largest absolute Gasteiger partial charge is 0.480 e. The SMILES string of the molecule is CC(=O)N[C@@H](Cc1ccccc1)C(=O)N[C@@H](Cc1ccc(-c2ccccc2)cc1)C(=O)O. The van der Waals surface area contributed by atoms with Gasteiger partial charge in [0.1, 0.15) is 12.1 Å². The molecule has 3 aromatic rings. The summed E-state index contributed by atoms with van der Waals surface area (Å²) in [5, 5.41) is 14.9. The van der Waals surface area contributed by atoms with Crippen LogP contribution in [0.25, 0.3) is 11.1 Å². The lowest BCUT2D eigenvalue weighted by Crippen LogP contribution is -2.52. The van der Waals surface area contributed by atoms with Gasteiger partial charge in [0, 0.05) is 19.8 Å². The minimum atomic E-state index is -1.13. The van der Waals surface area contributed by atoms with Crippen molar-refractivity contribution in [1.82, 2.24) is 10.6 Å². The van der Waals surface area contributed by atoms with Gasteiger partial charge >= 0.3 is 5.97 Å². The first-order valence-electron chi connectivity index (χ1n) is 10.4. The summed E-state index contributed by atoms with van der Waals surface area (Å²) in [7, 11) is 0. The van der Waals surface area contributed by atoms with Crippen molar-refractivity contribution in [2.45, 2.75) is 31.8 Å². The van der Waals surface area contributed by atoms with Gasteiger partial charge in [0.25, 0.3) is 0 Å². The summed E-state index contributed by atoms with van der Waals surface area (Å²) in [6.45, 7) is 1.33. The van der Waals surface area contributed by atoms with E-state index in [4.69, 9.17) is 0 Å². The summed E-state index contributed by atoms with van der Waals surface area (Å²) >= 11 is 0. The lowest BCUT2D eigenvalue weighted by molar-refractivity contribution is -0.142. The van der Waals surface area contributed by atoms with Crippen molar-refractivity contribution in [3.8, 4) is 11.1 Å². The van der Waals surface area contributed by atoms with Gasteiger partial charge in [-0.25, -0.2) is 4.79 Å². The number of aliphatic carboxylic acids is 1. The molecular formula is C26H26N2O4. The zero-order valence-corrected chi connectivity index (χ0v) is 17.8. The van der Waals surface area contributed by atoms with Crippen molar-refractivity contribution < 1.29 is 19.5 Å². The van der Waals surface area contributed by atoms with E-state index in [2.05, 4.69) is 10.6 Å². The molecule has 0 unspecified atom stereocenters. The lowest BCUT2D eigenvalue weighted by atomic mass is 10.00. The average molecular weight is 431 g/mol. The number of carbonyl (C=O) groups excluding carboxylic acids is 2. The summed E-state index contributed by atoms with van der Waals surface area (Å²) in [5.41, 5.74) is 3.75. The molecule has 0 aliphatic rings. The second-order valence-electron chi connectivity index (χ2n) is 7.61. The second-order valence-corrected chi connectivity index (χ2v) is 7.61. The molecule has 2 amide bonds. The van der Waals surface area contributed by atoms with Crippen LogP contribution in [0.5, 0.6) is 0 Å². The highest BCUT2D eigenvalue weighted by atomic mass is 16.4. The summed E-state index contributed by atoms with van der Waals surface area (Å²) < 4.78 is 0. The van der Waals surface area contributed by atoms with E-state index in [0.717, 1.165) is 22.3 Å². The fourth-order valence-corrected chi connectivity index (χ4v) is 3.48. The van der Waals surface area contributed by atoms with E-state index < -0.39 is 24.0 Å². The Morgan fingerprint density at radius 3 is 1.75 bits per heavy atom. The Morgan fingerprint density at radius 1 is 0.688 bits per heavy atom. The minimum Gasteiger partial charge on any atom is -0.480 e. The molecule has 6 heteroatoms. The molecule has 3 rings (SSSR count). The summed E-state index contributed by atoms with van der Waals surface area (Å²) in [5.74, 6) is -2.02. The molecular weight excluding hydrogens is 404 g/mol. The maximum atomic E-state index is 12.8. The van der Waals surface area contributed by atoms with E-state index in [1.165, 1.54) is 6.92 Å². The average Bonchev–Trinajstić information content (AvgIpc) is 2.79. The third-order valence-corrected chi connectivity index (χ3v) is 5.09. The Hall–Kier alpha value is -3.93. The predicted molar refractivity (Wildman–Crippen MR) is 123 cm³/mol. The predicted octanol–water partition coefficient (Wildman–Crippen LogP) is 3.21. The number of carbonyl (C=O) groups is 3. The highest BCUT2D eigenvalue weighted by Crippen LogP contribution is 2.19. The Balaban J connectivity index is 1.69. The third-order valence-electron chi connectivity index (χ3n) is 5.09. The number of nitrogens with one attached hydrogen (secondary N) is 2. The minimum absolute atomic E-state index is 0.133. The number of carboxylic acid groups (broad SMARTS) is 1. The molecule has 0 radical (unpaired) electrons. The second kappa shape index (κ2) is 10.9. The fraction of sp³-hybridized carbons (Fsp3) is 0.192. The summed E-state index contributed by atoms with van der Waals surface area (Å²) in [6, 6.07) is 24.7. The van der Waals surface area contributed by atoms with Gasteiger partial charge in [0.15, 0.2) is 0 Å². The first kappa shape index (κ1) is 22.7. The van der Waals surface area contributed by atoms with Gasteiger partial charge < -0.3 is 15.7 Å². The zero-order chi connectivity index (χ0) is 22.9. The Labute approximate surface area is 187 Å².